The molecule has 3 aromatic rings. The van der Waals surface area contributed by atoms with Crippen LogP contribution in [0.5, 0.6) is 0 Å². The summed E-state index contributed by atoms with van der Waals surface area (Å²) in [5.41, 5.74) is 1.86. The highest BCUT2D eigenvalue weighted by atomic mass is 32.2. The first-order valence-corrected chi connectivity index (χ1v) is 14.1. The predicted molar refractivity (Wildman–Crippen MR) is 149 cm³/mol. The second-order valence-corrected chi connectivity index (χ2v) is 11.8. The Kier molecular flexibility index (Phi) is 8.78. The van der Waals surface area contributed by atoms with Crippen molar-refractivity contribution in [2.45, 2.75) is 30.7 Å². The number of carbonyl (C=O) groups excluding carboxylic acids is 1. The van der Waals surface area contributed by atoms with Crippen molar-refractivity contribution >= 4 is 39.1 Å². The van der Waals surface area contributed by atoms with Crippen molar-refractivity contribution in [2.75, 3.05) is 51.4 Å². The molecule has 10 nitrogen and oxygen atoms in total. The van der Waals surface area contributed by atoms with E-state index in [1.165, 1.54) is 10.4 Å². The molecule has 208 valence electrons. The van der Waals surface area contributed by atoms with Crippen molar-refractivity contribution < 1.29 is 17.6 Å². The van der Waals surface area contributed by atoms with Crippen LogP contribution >= 0.6 is 0 Å². The highest BCUT2D eigenvalue weighted by Gasteiger charge is 2.31. The van der Waals surface area contributed by atoms with Crippen molar-refractivity contribution in [3.05, 3.63) is 66.1 Å². The zero-order valence-electron chi connectivity index (χ0n) is 22.6. The van der Waals surface area contributed by atoms with Crippen LogP contribution in [0.15, 0.2) is 59.6 Å². The highest BCUT2D eigenvalue weighted by molar-refractivity contribution is 7.89. The molecule has 2 aromatic carbocycles. The monoisotopic (exact) mass is 555 g/mol. The predicted octanol–water partition coefficient (Wildman–Crippen LogP) is 3.58. The Labute approximate surface area is 228 Å². The molecule has 1 amide bonds. The Bertz CT molecular complexity index is 1410. The summed E-state index contributed by atoms with van der Waals surface area (Å²) in [5.74, 6) is 0.602. The molecule has 1 fully saturated rings. The van der Waals surface area contributed by atoms with Gasteiger partial charge in [-0.3, -0.25) is 9.69 Å². The number of hydrogen-bond donors (Lipinski definition) is 2. The van der Waals surface area contributed by atoms with Gasteiger partial charge in [0.15, 0.2) is 0 Å². The first kappa shape index (κ1) is 28.4. The minimum Gasteiger partial charge on any atom is -0.348 e. The van der Waals surface area contributed by atoms with E-state index in [-0.39, 0.29) is 22.7 Å². The Morgan fingerprint density at radius 3 is 2.33 bits per heavy atom. The molecular formula is C27H34FN7O3S. The van der Waals surface area contributed by atoms with E-state index < -0.39 is 10.0 Å². The fourth-order valence-corrected chi connectivity index (χ4v) is 5.82. The molecule has 0 unspecified atom stereocenters. The number of amides is 1. The number of halogens is 1. The second kappa shape index (κ2) is 12.1. The van der Waals surface area contributed by atoms with Crippen molar-refractivity contribution in [3.8, 4) is 0 Å². The van der Waals surface area contributed by atoms with Crippen LogP contribution in [0.25, 0.3) is 0 Å². The Morgan fingerprint density at radius 2 is 1.69 bits per heavy atom. The van der Waals surface area contributed by atoms with E-state index in [4.69, 9.17) is 0 Å². The average Bonchev–Trinajstić information content (AvgIpc) is 2.91. The van der Waals surface area contributed by atoms with Gasteiger partial charge >= 0.3 is 0 Å². The molecule has 12 heteroatoms. The molecule has 0 spiro atoms. The van der Waals surface area contributed by atoms with E-state index in [1.54, 1.807) is 74.6 Å². The van der Waals surface area contributed by atoms with Gasteiger partial charge in [0.05, 0.1) is 11.4 Å². The fraction of sp³-hybridized carbons (Fsp3) is 0.370. The number of rotatable bonds is 9. The number of aryl methyl sites for hydroxylation is 1. The molecule has 0 aliphatic carbocycles. The van der Waals surface area contributed by atoms with E-state index in [2.05, 4.69) is 20.6 Å². The van der Waals surface area contributed by atoms with E-state index in [0.29, 0.717) is 61.2 Å². The van der Waals surface area contributed by atoms with Gasteiger partial charge in [-0.05, 0) is 80.9 Å². The first-order chi connectivity index (χ1) is 18.5. The number of anilines is 4. The largest absolute Gasteiger partial charge is 0.348 e. The van der Waals surface area contributed by atoms with Gasteiger partial charge in [0.2, 0.25) is 21.9 Å². The minimum absolute atomic E-state index is 0.0256. The van der Waals surface area contributed by atoms with Crippen LogP contribution in [0, 0.1) is 12.7 Å². The quantitative estimate of drug-likeness (QED) is 0.412. The highest BCUT2D eigenvalue weighted by Crippen LogP contribution is 2.25. The van der Waals surface area contributed by atoms with Gasteiger partial charge < -0.3 is 15.5 Å². The first-order valence-electron chi connectivity index (χ1n) is 12.7. The summed E-state index contributed by atoms with van der Waals surface area (Å²) in [6.07, 6.45) is 2.91. The maximum absolute atomic E-state index is 13.5. The van der Waals surface area contributed by atoms with Crippen LogP contribution in [0.1, 0.15) is 18.4 Å². The lowest BCUT2D eigenvalue weighted by atomic mass is 10.1. The van der Waals surface area contributed by atoms with E-state index in [1.807, 2.05) is 11.9 Å². The average molecular weight is 556 g/mol. The Morgan fingerprint density at radius 1 is 1.03 bits per heavy atom. The van der Waals surface area contributed by atoms with Crippen molar-refractivity contribution in [1.82, 2.24) is 24.1 Å². The molecule has 0 bridgehead atoms. The van der Waals surface area contributed by atoms with E-state index in [0.717, 1.165) is 0 Å². The fourth-order valence-electron chi connectivity index (χ4n) is 4.35. The molecule has 4 rings (SSSR count). The molecular weight excluding hydrogens is 521 g/mol. The van der Waals surface area contributed by atoms with Gasteiger partial charge in [-0.15, -0.1) is 0 Å². The lowest BCUT2D eigenvalue weighted by Crippen LogP contribution is -2.47. The van der Waals surface area contributed by atoms with Gasteiger partial charge in [0.1, 0.15) is 11.6 Å². The summed E-state index contributed by atoms with van der Waals surface area (Å²) in [6, 6.07) is 13.0. The lowest BCUT2D eigenvalue weighted by molar-refractivity contribution is -0.130. The Hall–Kier alpha value is -3.61. The van der Waals surface area contributed by atoms with Crippen LogP contribution in [0.4, 0.5) is 27.5 Å². The van der Waals surface area contributed by atoms with Crippen LogP contribution in [0.3, 0.4) is 0 Å². The molecule has 0 radical (unpaired) electrons. The van der Waals surface area contributed by atoms with Crippen LogP contribution in [0.2, 0.25) is 0 Å². The number of nitrogens with one attached hydrogen (secondary N) is 2. The zero-order chi connectivity index (χ0) is 28.2. The molecule has 1 aliphatic rings. The number of carbonyl (C=O) groups is 1. The summed E-state index contributed by atoms with van der Waals surface area (Å²) in [5, 5.41) is 6.21. The number of likely N-dealkylation sites (N-methyl/N-ethyl adjacent to an activating group) is 2. The summed E-state index contributed by atoms with van der Waals surface area (Å²) < 4.78 is 41.5. The normalized spacial score (nSPS) is 14.8. The standard InChI is InChI=1S/C27H34FN7O3S/c1-19-17-21(7-10-24(19)28)30-25-11-14-29-27(32-25)31-20-5-8-23(9-6-20)39(37,38)35-15-12-22(13-16-35)34(4)18-26(36)33(2)3/h5-11,14,17,22H,12-13,15-16,18H2,1-4H3,(H2,29,30,31,32). The Balaban J connectivity index is 1.35. The topological polar surface area (TPSA) is 111 Å². The smallest absolute Gasteiger partial charge is 0.243 e. The number of hydrogen-bond acceptors (Lipinski definition) is 8. The van der Waals surface area contributed by atoms with Gasteiger partial charge in [-0.2, -0.15) is 9.29 Å². The molecule has 1 aliphatic heterocycles. The van der Waals surface area contributed by atoms with Gasteiger partial charge in [-0.1, -0.05) is 0 Å². The molecule has 1 aromatic heterocycles. The van der Waals surface area contributed by atoms with Gasteiger partial charge in [-0.25, -0.2) is 17.8 Å². The molecule has 0 atom stereocenters. The second-order valence-electron chi connectivity index (χ2n) is 9.84. The van der Waals surface area contributed by atoms with Crippen molar-refractivity contribution in [3.63, 3.8) is 0 Å². The van der Waals surface area contributed by atoms with E-state index >= 15 is 0 Å². The molecule has 2 N–H and O–H groups in total. The van der Waals surface area contributed by atoms with E-state index in [9.17, 15) is 17.6 Å². The zero-order valence-corrected chi connectivity index (χ0v) is 23.4. The summed E-state index contributed by atoms with van der Waals surface area (Å²) in [4.78, 5) is 24.4. The lowest BCUT2D eigenvalue weighted by Gasteiger charge is -2.36. The summed E-state index contributed by atoms with van der Waals surface area (Å²) >= 11 is 0. The SMILES string of the molecule is Cc1cc(Nc2ccnc(Nc3ccc(S(=O)(=O)N4CCC(N(C)CC(=O)N(C)C)CC4)cc3)n2)ccc1F. The molecule has 39 heavy (non-hydrogen) atoms. The third-order valence-corrected chi connectivity index (χ3v) is 8.68. The summed E-state index contributed by atoms with van der Waals surface area (Å²) in [7, 11) is 1.72. The van der Waals surface area contributed by atoms with Crippen LogP contribution < -0.4 is 10.6 Å². The van der Waals surface area contributed by atoms with Crippen molar-refractivity contribution in [2.24, 2.45) is 0 Å². The van der Waals surface area contributed by atoms with Crippen molar-refractivity contribution in [1.29, 1.82) is 0 Å². The van der Waals surface area contributed by atoms with Gasteiger partial charge in [0.25, 0.3) is 0 Å². The number of piperidine rings is 1. The minimum atomic E-state index is -3.64. The third kappa shape index (κ3) is 7.08. The maximum Gasteiger partial charge on any atom is 0.243 e. The molecule has 0 saturated carbocycles. The third-order valence-electron chi connectivity index (χ3n) is 6.76. The summed E-state index contributed by atoms with van der Waals surface area (Å²) in [6.45, 7) is 2.80. The van der Waals surface area contributed by atoms with Gasteiger partial charge in [0, 0.05) is 50.8 Å². The number of nitrogens with zero attached hydrogens (tertiary/aromatic N) is 5. The molecule has 1 saturated heterocycles. The number of benzene rings is 2. The van der Waals surface area contributed by atoms with Crippen LogP contribution in [-0.4, -0.2) is 85.2 Å². The molecule has 2 heterocycles. The van der Waals surface area contributed by atoms with Crippen LogP contribution in [-0.2, 0) is 14.8 Å². The maximum atomic E-state index is 13.5. The number of sulfonamides is 1. The number of aromatic nitrogens is 2.